The second-order valence-corrected chi connectivity index (χ2v) is 7.96. The summed E-state index contributed by atoms with van der Waals surface area (Å²) in [6, 6.07) is 11.1. The third-order valence-electron chi connectivity index (χ3n) is 5.60. The van der Waals surface area contributed by atoms with Crippen LogP contribution in [0.15, 0.2) is 59.8 Å². The topological polar surface area (TPSA) is 103 Å². The van der Waals surface area contributed by atoms with E-state index in [1.165, 1.54) is 0 Å². The van der Waals surface area contributed by atoms with E-state index in [1.54, 1.807) is 36.3 Å². The zero-order chi connectivity index (χ0) is 22.5. The highest BCUT2D eigenvalue weighted by Gasteiger charge is 2.26. The maximum atomic E-state index is 12.6. The molecule has 1 saturated heterocycles. The molecule has 9 nitrogen and oxygen atoms in total. The van der Waals surface area contributed by atoms with Crippen LogP contribution in [0.1, 0.15) is 13.3 Å². The fraction of sp³-hybridized carbons (Fsp3) is 0.348. The second kappa shape index (κ2) is 9.69. The van der Waals surface area contributed by atoms with Gasteiger partial charge in [0.15, 0.2) is 0 Å². The Hall–Kier alpha value is -3.59. The van der Waals surface area contributed by atoms with Gasteiger partial charge >= 0.3 is 0 Å². The van der Waals surface area contributed by atoms with Gasteiger partial charge in [0.25, 0.3) is 5.56 Å². The molecule has 1 atom stereocenters. The quantitative estimate of drug-likeness (QED) is 0.552. The third-order valence-corrected chi connectivity index (χ3v) is 5.60. The van der Waals surface area contributed by atoms with Crippen molar-refractivity contribution in [3.8, 4) is 11.3 Å². The summed E-state index contributed by atoms with van der Waals surface area (Å²) in [5.41, 5.74) is 2.06. The number of nitrogens with zero attached hydrogens (tertiary/aromatic N) is 6. The number of pyridine rings is 2. The summed E-state index contributed by atoms with van der Waals surface area (Å²) >= 11 is 0. The molecule has 1 unspecified atom stereocenters. The van der Waals surface area contributed by atoms with Crippen LogP contribution in [-0.4, -0.2) is 62.5 Å². The van der Waals surface area contributed by atoms with Crippen molar-refractivity contribution in [1.29, 1.82) is 5.41 Å². The molecule has 0 spiro atoms. The van der Waals surface area contributed by atoms with E-state index in [-0.39, 0.29) is 11.7 Å². The standard InChI is InChI=1S/C23H28N8O/c1-17(24)15-21(28-20-5-3-4-8-26-20)30-11-13-31(14-12-30)23-27-19(16-22(32)29(23)2)18-6-9-25-10-7-18/h3-10,16,21,24H,11-15H2,1-2H3,(H,26,28). The zero-order valence-corrected chi connectivity index (χ0v) is 18.4. The number of aromatic nitrogens is 4. The smallest absolute Gasteiger partial charge is 0.255 e. The molecule has 1 aliphatic heterocycles. The fourth-order valence-electron chi connectivity index (χ4n) is 3.89. The lowest BCUT2D eigenvalue weighted by atomic mass is 10.2. The van der Waals surface area contributed by atoms with Gasteiger partial charge in [-0.15, -0.1) is 0 Å². The van der Waals surface area contributed by atoms with Crippen LogP contribution in [0.4, 0.5) is 11.8 Å². The van der Waals surface area contributed by atoms with Gasteiger partial charge in [-0.25, -0.2) is 9.97 Å². The molecule has 1 fully saturated rings. The molecule has 0 amide bonds. The summed E-state index contributed by atoms with van der Waals surface area (Å²) in [5.74, 6) is 1.47. The average Bonchev–Trinajstić information content (AvgIpc) is 2.81. The summed E-state index contributed by atoms with van der Waals surface area (Å²) in [6.07, 6.45) is 5.77. The van der Waals surface area contributed by atoms with Crippen LogP contribution in [0.25, 0.3) is 11.3 Å². The Morgan fingerprint density at radius 1 is 1.12 bits per heavy atom. The Bertz CT molecular complexity index is 1110. The molecular formula is C23H28N8O. The maximum absolute atomic E-state index is 12.6. The summed E-state index contributed by atoms with van der Waals surface area (Å²) in [5, 5.41) is 11.5. The predicted octanol–water partition coefficient (Wildman–Crippen LogP) is 2.23. The lowest BCUT2D eigenvalue weighted by Crippen LogP contribution is -2.54. The number of anilines is 2. The Labute approximate surface area is 187 Å². The van der Waals surface area contributed by atoms with Crippen LogP contribution >= 0.6 is 0 Å². The first-order valence-corrected chi connectivity index (χ1v) is 10.7. The van der Waals surface area contributed by atoms with Crippen molar-refractivity contribution in [1.82, 2.24) is 24.4 Å². The summed E-state index contributed by atoms with van der Waals surface area (Å²) < 4.78 is 1.60. The number of hydrogen-bond acceptors (Lipinski definition) is 8. The molecular weight excluding hydrogens is 404 g/mol. The minimum Gasteiger partial charge on any atom is -0.354 e. The SMILES string of the molecule is CC(=N)CC(Nc1ccccn1)N1CCN(c2nc(-c3ccncc3)cc(=O)n2C)CC1. The van der Waals surface area contributed by atoms with E-state index in [0.29, 0.717) is 23.8 Å². The molecule has 9 heteroatoms. The molecule has 3 aromatic rings. The van der Waals surface area contributed by atoms with Crippen LogP contribution in [0.3, 0.4) is 0 Å². The lowest BCUT2D eigenvalue weighted by molar-refractivity contribution is 0.205. The second-order valence-electron chi connectivity index (χ2n) is 7.96. The molecule has 0 saturated carbocycles. The van der Waals surface area contributed by atoms with E-state index in [9.17, 15) is 4.79 Å². The molecule has 0 bridgehead atoms. The van der Waals surface area contributed by atoms with Gasteiger partial charge in [-0.2, -0.15) is 0 Å². The Morgan fingerprint density at radius 3 is 2.53 bits per heavy atom. The highest BCUT2D eigenvalue weighted by atomic mass is 16.1. The molecule has 166 valence electrons. The van der Waals surface area contributed by atoms with Crippen LogP contribution < -0.4 is 15.8 Å². The van der Waals surface area contributed by atoms with Crippen LogP contribution in [-0.2, 0) is 7.05 Å². The Morgan fingerprint density at radius 2 is 1.88 bits per heavy atom. The highest BCUT2D eigenvalue weighted by molar-refractivity contribution is 5.79. The highest BCUT2D eigenvalue weighted by Crippen LogP contribution is 2.20. The molecule has 4 rings (SSSR count). The van der Waals surface area contributed by atoms with Crippen LogP contribution in [0.2, 0.25) is 0 Å². The summed E-state index contributed by atoms with van der Waals surface area (Å²) in [7, 11) is 1.76. The molecule has 0 radical (unpaired) electrons. The van der Waals surface area contributed by atoms with Gasteiger partial charge in [-0.05, 0) is 31.2 Å². The first-order chi connectivity index (χ1) is 15.5. The van der Waals surface area contributed by atoms with Crippen LogP contribution in [0, 0.1) is 5.41 Å². The first-order valence-electron chi connectivity index (χ1n) is 10.7. The molecule has 0 aliphatic carbocycles. The Balaban J connectivity index is 1.50. The van der Waals surface area contributed by atoms with Gasteiger partial charge in [-0.3, -0.25) is 19.2 Å². The first kappa shape index (κ1) is 21.6. The van der Waals surface area contributed by atoms with E-state index < -0.39 is 0 Å². The largest absolute Gasteiger partial charge is 0.354 e. The monoisotopic (exact) mass is 432 g/mol. The maximum Gasteiger partial charge on any atom is 0.255 e. The van der Waals surface area contributed by atoms with E-state index in [1.807, 2.05) is 37.3 Å². The van der Waals surface area contributed by atoms with Gasteiger partial charge in [0.05, 0.1) is 11.9 Å². The fourth-order valence-corrected chi connectivity index (χ4v) is 3.89. The predicted molar refractivity (Wildman–Crippen MR) is 126 cm³/mol. The van der Waals surface area contributed by atoms with Crippen LogP contribution in [0.5, 0.6) is 0 Å². The van der Waals surface area contributed by atoms with Crippen molar-refractivity contribution >= 4 is 17.5 Å². The molecule has 3 aromatic heterocycles. The normalized spacial score (nSPS) is 15.4. The van der Waals surface area contributed by atoms with Gasteiger partial charge in [0.2, 0.25) is 5.95 Å². The van der Waals surface area contributed by atoms with Crippen molar-refractivity contribution in [2.45, 2.75) is 19.5 Å². The van der Waals surface area contributed by atoms with Crippen molar-refractivity contribution in [2.75, 3.05) is 36.4 Å². The molecule has 4 heterocycles. The molecule has 0 aromatic carbocycles. The Kier molecular flexibility index (Phi) is 6.55. The van der Waals surface area contributed by atoms with Gasteiger partial charge in [0.1, 0.15) is 5.82 Å². The lowest BCUT2D eigenvalue weighted by Gasteiger charge is -2.40. The molecule has 1 aliphatic rings. The minimum absolute atomic E-state index is 0.00974. The average molecular weight is 433 g/mol. The van der Waals surface area contributed by atoms with Gasteiger partial charge in [0, 0.05) is 75.6 Å². The number of hydrogen-bond donors (Lipinski definition) is 2. The zero-order valence-electron chi connectivity index (χ0n) is 18.4. The minimum atomic E-state index is -0.0848. The summed E-state index contributed by atoms with van der Waals surface area (Å²) in [4.78, 5) is 30.3. The van der Waals surface area contributed by atoms with E-state index >= 15 is 0 Å². The van der Waals surface area contributed by atoms with Crippen molar-refractivity contribution in [2.24, 2.45) is 7.05 Å². The molecule has 32 heavy (non-hydrogen) atoms. The van der Waals surface area contributed by atoms with Crippen molar-refractivity contribution < 1.29 is 0 Å². The molecule has 2 N–H and O–H groups in total. The third kappa shape index (κ3) is 5.00. The van der Waals surface area contributed by atoms with E-state index in [2.05, 4.69) is 25.1 Å². The number of rotatable bonds is 7. The van der Waals surface area contributed by atoms with Gasteiger partial charge < -0.3 is 15.6 Å². The van der Waals surface area contributed by atoms with Crippen molar-refractivity contribution in [3.63, 3.8) is 0 Å². The number of piperazine rings is 1. The number of nitrogens with one attached hydrogen (secondary N) is 2. The van der Waals surface area contributed by atoms with E-state index in [0.717, 1.165) is 37.6 Å². The van der Waals surface area contributed by atoms with Crippen molar-refractivity contribution in [3.05, 3.63) is 65.3 Å². The van der Waals surface area contributed by atoms with E-state index in [4.69, 9.17) is 10.4 Å². The van der Waals surface area contributed by atoms with Gasteiger partial charge in [-0.1, -0.05) is 6.07 Å². The summed E-state index contributed by atoms with van der Waals surface area (Å²) in [6.45, 7) is 4.86.